The molecule has 120 valence electrons. The Bertz CT molecular complexity index is 773. The molecule has 0 saturated heterocycles. The molecule has 0 aliphatic heterocycles. The van der Waals surface area contributed by atoms with Crippen molar-refractivity contribution in [1.82, 2.24) is 15.5 Å². The zero-order valence-electron chi connectivity index (χ0n) is 13.1. The Hall–Kier alpha value is -3.21. The van der Waals surface area contributed by atoms with Gasteiger partial charge >= 0.3 is 0 Å². The Morgan fingerprint density at radius 3 is 2.21 bits per heavy atom. The number of nitrogens with one attached hydrogen (secondary N) is 2. The van der Waals surface area contributed by atoms with Gasteiger partial charge in [0.05, 0.1) is 0 Å². The second-order valence-electron chi connectivity index (χ2n) is 5.29. The first-order valence-corrected chi connectivity index (χ1v) is 7.79. The predicted molar refractivity (Wildman–Crippen MR) is 94.2 cm³/mol. The lowest BCUT2D eigenvalue weighted by Gasteiger charge is -2.06. The van der Waals surface area contributed by atoms with Gasteiger partial charge in [-0.15, -0.1) is 10.2 Å². The third-order valence-corrected chi connectivity index (χ3v) is 3.49. The van der Waals surface area contributed by atoms with Gasteiger partial charge in [0.2, 0.25) is 0 Å². The van der Waals surface area contributed by atoms with Gasteiger partial charge in [0, 0.05) is 12.2 Å². The van der Waals surface area contributed by atoms with Crippen molar-refractivity contribution >= 4 is 17.4 Å². The molecule has 1 amide bonds. The van der Waals surface area contributed by atoms with Crippen molar-refractivity contribution in [1.29, 1.82) is 0 Å². The van der Waals surface area contributed by atoms with E-state index in [0.29, 0.717) is 18.1 Å². The highest BCUT2D eigenvalue weighted by atomic mass is 16.1. The van der Waals surface area contributed by atoms with Crippen molar-refractivity contribution in [2.24, 2.45) is 0 Å². The number of rotatable bonds is 6. The molecule has 3 aromatic rings. The summed E-state index contributed by atoms with van der Waals surface area (Å²) in [5.41, 5.74) is 2.42. The lowest BCUT2D eigenvalue weighted by atomic mass is 10.1. The van der Waals surface area contributed by atoms with E-state index in [2.05, 4.69) is 20.8 Å². The number of carbonyl (C=O) groups excluding carboxylic acids is 1. The highest BCUT2D eigenvalue weighted by Crippen LogP contribution is 2.12. The molecule has 2 aromatic carbocycles. The van der Waals surface area contributed by atoms with Gasteiger partial charge < -0.3 is 10.6 Å². The molecule has 24 heavy (non-hydrogen) atoms. The first-order valence-electron chi connectivity index (χ1n) is 7.79. The lowest BCUT2D eigenvalue weighted by molar-refractivity contribution is 0.0948. The van der Waals surface area contributed by atoms with Gasteiger partial charge in [0.15, 0.2) is 11.5 Å². The van der Waals surface area contributed by atoms with Crippen LogP contribution in [0, 0.1) is 0 Å². The van der Waals surface area contributed by atoms with Crippen LogP contribution in [0.5, 0.6) is 0 Å². The molecule has 1 aromatic heterocycles. The van der Waals surface area contributed by atoms with Crippen LogP contribution < -0.4 is 10.6 Å². The largest absolute Gasteiger partial charge is 0.350 e. The molecular formula is C19H18N4O. The average molecular weight is 318 g/mol. The van der Waals surface area contributed by atoms with Crippen LogP contribution in [0.1, 0.15) is 16.1 Å². The number of anilines is 2. The highest BCUT2D eigenvalue weighted by Gasteiger charge is 2.07. The zero-order valence-corrected chi connectivity index (χ0v) is 13.1. The van der Waals surface area contributed by atoms with Crippen LogP contribution in [0.2, 0.25) is 0 Å². The van der Waals surface area contributed by atoms with Crippen LogP contribution in [0.15, 0.2) is 72.8 Å². The van der Waals surface area contributed by atoms with Gasteiger partial charge in [0.25, 0.3) is 5.91 Å². The summed E-state index contributed by atoms with van der Waals surface area (Å²) in [6, 6.07) is 23.1. The normalized spacial score (nSPS) is 10.2. The third-order valence-electron chi connectivity index (χ3n) is 3.49. The third kappa shape index (κ3) is 4.39. The standard InChI is InChI=1S/C19H18N4O/c24-19(20-14-13-15-7-3-1-4-8-15)17-11-12-18(23-22-17)21-16-9-5-2-6-10-16/h1-12H,13-14H2,(H,20,24)(H,21,23). The van der Waals surface area contributed by atoms with Gasteiger partial charge in [0.1, 0.15) is 0 Å². The molecule has 0 aliphatic rings. The van der Waals surface area contributed by atoms with Crippen molar-refractivity contribution in [3.8, 4) is 0 Å². The van der Waals surface area contributed by atoms with Crippen LogP contribution in [-0.4, -0.2) is 22.6 Å². The molecular weight excluding hydrogens is 300 g/mol. The Morgan fingerprint density at radius 1 is 0.833 bits per heavy atom. The topological polar surface area (TPSA) is 66.9 Å². The molecule has 0 atom stereocenters. The summed E-state index contributed by atoms with van der Waals surface area (Å²) in [5.74, 6) is 0.381. The van der Waals surface area contributed by atoms with Crippen LogP contribution in [0.4, 0.5) is 11.5 Å². The smallest absolute Gasteiger partial charge is 0.271 e. The monoisotopic (exact) mass is 318 g/mol. The maximum absolute atomic E-state index is 12.1. The number of hydrogen-bond acceptors (Lipinski definition) is 4. The number of aromatic nitrogens is 2. The van der Waals surface area contributed by atoms with Gasteiger partial charge in [-0.2, -0.15) is 0 Å². The fourth-order valence-electron chi connectivity index (χ4n) is 2.25. The maximum Gasteiger partial charge on any atom is 0.271 e. The van der Waals surface area contributed by atoms with Gasteiger partial charge in [-0.25, -0.2) is 0 Å². The summed E-state index contributed by atoms with van der Waals surface area (Å²) in [7, 11) is 0. The molecule has 0 saturated carbocycles. The molecule has 2 N–H and O–H groups in total. The minimum absolute atomic E-state index is 0.218. The first-order chi connectivity index (χ1) is 11.8. The number of nitrogens with zero attached hydrogens (tertiary/aromatic N) is 2. The molecule has 5 heteroatoms. The van der Waals surface area contributed by atoms with E-state index in [-0.39, 0.29) is 5.91 Å². The highest BCUT2D eigenvalue weighted by molar-refractivity contribution is 5.92. The quantitative estimate of drug-likeness (QED) is 0.732. The Kier molecular flexibility index (Phi) is 5.14. The second-order valence-corrected chi connectivity index (χ2v) is 5.29. The molecule has 0 aliphatic carbocycles. The maximum atomic E-state index is 12.1. The summed E-state index contributed by atoms with van der Waals surface area (Å²) >= 11 is 0. The fourth-order valence-corrected chi connectivity index (χ4v) is 2.25. The molecule has 0 unspecified atom stereocenters. The number of amides is 1. The van der Waals surface area contributed by atoms with Crippen molar-refractivity contribution in [2.75, 3.05) is 11.9 Å². The number of para-hydroxylation sites is 1. The van der Waals surface area contributed by atoms with Crippen LogP contribution in [0.3, 0.4) is 0 Å². The molecule has 1 heterocycles. The van der Waals surface area contributed by atoms with E-state index in [1.165, 1.54) is 5.56 Å². The summed E-state index contributed by atoms with van der Waals surface area (Å²) in [5, 5.41) is 14.0. The Labute approximate surface area is 140 Å². The van der Waals surface area contributed by atoms with E-state index in [1.54, 1.807) is 12.1 Å². The predicted octanol–water partition coefficient (Wildman–Crippen LogP) is 3.19. The van der Waals surface area contributed by atoms with E-state index in [9.17, 15) is 4.79 Å². The summed E-state index contributed by atoms with van der Waals surface area (Å²) < 4.78 is 0. The lowest BCUT2D eigenvalue weighted by Crippen LogP contribution is -2.26. The average Bonchev–Trinajstić information content (AvgIpc) is 2.64. The van der Waals surface area contributed by atoms with E-state index < -0.39 is 0 Å². The van der Waals surface area contributed by atoms with Gasteiger partial charge in [-0.05, 0) is 36.2 Å². The summed E-state index contributed by atoms with van der Waals surface area (Å²) in [6.45, 7) is 0.564. The molecule has 0 fully saturated rings. The van der Waals surface area contributed by atoms with Gasteiger partial charge in [-0.3, -0.25) is 4.79 Å². The molecule has 3 rings (SSSR count). The number of benzene rings is 2. The fraction of sp³-hybridized carbons (Fsp3) is 0.105. The van der Waals surface area contributed by atoms with E-state index in [1.807, 2.05) is 60.7 Å². The summed E-state index contributed by atoms with van der Waals surface area (Å²) in [4.78, 5) is 12.1. The van der Waals surface area contributed by atoms with Crippen LogP contribution >= 0.6 is 0 Å². The zero-order chi connectivity index (χ0) is 16.6. The summed E-state index contributed by atoms with van der Waals surface area (Å²) in [6.07, 6.45) is 0.785. The van der Waals surface area contributed by atoms with E-state index >= 15 is 0 Å². The van der Waals surface area contributed by atoms with Crippen LogP contribution in [0.25, 0.3) is 0 Å². The first kappa shape index (κ1) is 15.7. The number of carbonyl (C=O) groups is 1. The van der Waals surface area contributed by atoms with Gasteiger partial charge in [-0.1, -0.05) is 48.5 Å². The van der Waals surface area contributed by atoms with E-state index in [0.717, 1.165) is 12.1 Å². The minimum atomic E-state index is -0.218. The van der Waals surface area contributed by atoms with Crippen molar-refractivity contribution in [3.05, 3.63) is 84.1 Å². The Balaban J connectivity index is 1.52. The number of hydrogen-bond donors (Lipinski definition) is 2. The Morgan fingerprint density at radius 2 is 1.54 bits per heavy atom. The molecule has 0 bridgehead atoms. The molecule has 0 radical (unpaired) electrons. The van der Waals surface area contributed by atoms with Crippen molar-refractivity contribution in [2.45, 2.75) is 6.42 Å². The molecule has 5 nitrogen and oxygen atoms in total. The molecule has 0 spiro atoms. The van der Waals surface area contributed by atoms with Crippen molar-refractivity contribution in [3.63, 3.8) is 0 Å². The van der Waals surface area contributed by atoms with E-state index in [4.69, 9.17) is 0 Å². The SMILES string of the molecule is O=C(NCCc1ccccc1)c1ccc(Nc2ccccc2)nn1. The second kappa shape index (κ2) is 7.87. The van der Waals surface area contributed by atoms with Crippen molar-refractivity contribution < 1.29 is 4.79 Å². The van der Waals surface area contributed by atoms with Crippen LogP contribution in [-0.2, 0) is 6.42 Å². The minimum Gasteiger partial charge on any atom is -0.350 e.